The lowest BCUT2D eigenvalue weighted by Crippen LogP contribution is -2.24. The first-order chi connectivity index (χ1) is 15.1. The Morgan fingerprint density at radius 1 is 1.39 bits per heavy atom. The minimum absolute atomic E-state index is 0.0621. The largest absolute Gasteiger partial charge is 0.454 e. The van der Waals surface area contributed by atoms with Crippen LogP contribution in [0.1, 0.15) is 30.8 Å². The number of benzene rings is 1. The number of hydrogen-bond acceptors (Lipinski definition) is 8. The first-order valence-corrected chi connectivity index (χ1v) is 10.4. The molecule has 158 valence electrons. The second-order valence-electron chi connectivity index (χ2n) is 6.54. The number of ether oxygens (including phenoxy) is 2. The molecule has 0 radical (unpaired) electrons. The Kier molecular flexibility index (Phi) is 5.95. The van der Waals surface area contributed by atoms with Gasteiger partial charge in [0, 0.05) is 30.6 Å². The molecule has 1 aliphatic heterocycles. The highest BCUT2D eigenvalue weighted by Gasteiger charge is 2.26. The number of carbonyl (C=O) groups excluding carboxylic acids is 1. The summed E-state index contributed by atoms with van der Waals surface area (Å²) in [6, 6.07) is 7.42. The van der Waals surface area contributed by atoms with Gasteiger partial charge in [-0.25, -0.2) is 15.0 Å². The summed E-state index contributed by atoms with van der Waals surface area (Å²) in [7, 11) is 0. The van der Waals surface area contributed by atoms with E-state index in [0.717, 1.165) is 5.56 Å². The molecule has 1 aromatic carbocycles. The zero-order chi connectivity index (χ0) is 21.8. The average Bonchev–Trinajstić information content (AvgIpc) is 3.38. The van der Waals surface area contributed by atoms with Crippen LogP contribution in [0, 0.1) is 12.3 Å². The molecule has 0 saturated heterocycles. The van der Waals surface area contributed by atoms with Gasteiger partial charge in [0.15, 0.2) is 22.1 Å². The van der Waals surface area contributed by atoms with Crippen molar-refractivity contribution in [3.8, 4) is 12.3 Å². The number of rotatable bonds is 7. The van der Waals surface area contributed by atoms with Gasteiger partial charge in [-0.3, -0.25) is 4.79 Å². The molecular formula is C21H20N6O3S. The van der Waals surface area contributed by atoms with Gasteiger partial charge < -0.3 is 25.1 Å². The van der Waals surface area contributed by atoms with Crippen LogP contribution in [0.25, 0.3) is 11.2 Å². The highest BCUT2D eigenvalue weighted by molar-refractivity contribution is 8.02. The van der Waals surface area contributed by atoms with E-state index in [9.17, 15) is 4.79 Å². The number of fused-ring (bicyclic) bond motifs is 1. The number of imidazole rings is 1. The molecule has 3 heterocycles. The van der Waals surface area contributed by atoms with Crippen LogP contribution in [0.3, 0.4) is 0 Å². The lowest BCUT2D eigenvalue weighted by Gasteiger charge is -2.13. The third-order valence-corrected chi connectivity index (χ3v) is 5.42. The van der Waals surface area contributed by atoms with Crippen molar-refractivity contribution in [3.05, 3.63) is 53.1 Å². The number of carbonyl (C=O) groups is 1. The molecule has 9 nitrogen and oxygen atoms in total. The zero-order valence-electron chi connectivity index (χ0n) is 16.7. The molecule has 0 saturated carbocycles. The molecule has 0 bridgehead atoms. The first-order valence-electron chi connectivity index (χ1n) is 9.59. The molecule has 10 heteroatoms. The Morgan fingerprint density at radius 3 is 3.03 bits per heavy atom. The Morgan fingerprint density at radius 2 is 2.23 bits per heavy atom. The number of aryl methyl sites for hydroxylation is 1. The standard InChI is InChI=1S/C21H20N6O3S/c1-3-13-7-5-6-8-14(13)20-29-11-16(30-20)31-21-26-17-18(22)24-12-25-19(17)27(21)10-9-15(28)23-4-2/h1,5-8,11-12,20H,4,9-10H2,2H3,(H,23,28)(H2,22,24,25). The van der Waals surface area contributed by atoms with E-state index in [1.807, 2.05) is 35.8 Å². The lowest BCUT2D eigenvalue weighted by molar-refractivity contribution is -0.121. The molecule has 31 heavy (non-hydrogen) atoms. The van der Waals surface area contributed by atoms with E-state index in [0.29, 0.717) is 40.1 Å². The number of nitrogens with one attached hydrogen (secondary N) is 1. The zero-order valence-corrected chi connectivity index (χ0v) is 17.6. The van der Waals surface area contributed by atoms with E-state index in [1.54, 1.807) is 0 Å². The maximum atomic E-state index is 12.0. The predicted octanol–water partition coefficient (Wildman–Crippen LogP) is 2.55. The van der Waals surface area contributed by atoms with Crippen molar-refractivity contribution < 1.29 is 14.3 Å². The number of nitrogen functional groups attached to an aromatic ring is 1. The summed E-state index contributed by atoms with van der Waals surface area (Å²) < 4.78 is 13.4. The molecule has 1 unspecified atom stereocenters. The number of aromatic nitrogens is 4. The van der Waals surface area contributed by atoms with Gasteiger partial charge >= 0.3 is 0 Å². The van der Waals surface area contributed by atoms with Gasteiger partial charge in [0.2, 0.25) is 11.0 Å². The summed E-state index contributed by atoms with van der Waals surface area (Å²) >= 11 is 1.25. The number of nitrogens with two attached hydrogens (primary N) is 1. The summed E-state index contributed by atoms with van der Waals surface area (Å²) in [6.07, 6.45) is 8.09. The van der Waals surface area contributed by atoms with E-state index >= 15 is 0 Å². The van der Waals surface area contributed by atoms with Gasteiger partial charge in [0.05, 0.1) is 0 Å². The highest BCUT2D eigenvalue weighted by atomic mass is 32.2. The van der Waals surface area contributed by atoms with Crippen molar-refractivity contribution in [2.45, 2.75) is 31.3 Å². The van der Waals surface area contributed by atoms with Crippen LogP contribution >= 0.6 is 11.8 Å². The summed E-state index contributed by atoms with van der Waals surface area (Å²) in [6.45, 7) is 2.82. The Labute approximate surface area is 183 Å². The average molecular weight is 436 g/mol. The summed E-state index contributed by atoms with van der Waals surface area (Å²) in [5.74, 6) is 2.84. The third kappa shape index (κ3) is 4.27. The van der Waals surface area contributed by atoms with E-state index in [4.69, 9.17) is 21.6 Å². The maximum Gasteiger partial charge on any atom is 0.269 e. The summed E-state index contributed by atoms with van der Waals surface area (Å²) in [4.78, 5) is 24.8. The molecule has 1 atom stereocenters. The number of hydrogen-bond donors (Lipinski definition) is 2. The second-order valence-corrected chi connectivity index (χ2v) is 7.51. The summed E-state index contributed by atoms with van der Waals surface area (Å²) in [5, 5.41) is 3.85. The van der Waals surface area contributed by atoms with Crippen LogP contribution in [-0.4, -0.2) is 32.0 Å². The van der Waals surface area contributed by atoms with Crippen molar-refractivity contribution >= 4 is 34.7 Å². The SMILES string of the molecule is C#Cc1ccccc1C1OC=C(Sc2nc3c(N)ncnc3n2CCC(=O)NCC)O1. The van der Waals surface area contributed by atoms with Crippen LogP contribution in [0.2, 0.25) is 0 Å². The van der Waals surface area contributed by atoms with Crippen LogP contribution in [-0.2, 0) is 20.8 Å². The Balaban J connectivity index is 1.57. The fourth-order valence-corrected chi connectivity index (χ4v) is 3.94. The molecule has 1 amide bonds. The molecule has 3 aromatic rings. The van der Waals surface area contributed by atoms with Crippen LogP contribution in [0.5, 0.6) is 0 Å². The van der Waals surface area contributed by atoms with Crippen LogP contribution in [0.4, 0.5) is 5.82 Å². The smallest absolute Gasteiger partial charge is 0.269 e. The molecule has 2 aromatic heterocycles. The van der Waals surface area contributed by atoms with Gasteiger partial charge in [0.25, 0.3) is 6.29 Å². The van der Waals surface area contributed by atoms with Crippen molar-refractivity contribution in [2.24, 2.45) is 0 Å². The van der Waals surface area contributed by atoms with E-state index < -0.39 is 6.29 Å². The van der Waals surface area contributed by atoms with E-state index in [1.165, 1.54) is 24.4 Å². The van der Waals surface area contributed by atoms with Gasteiger partial charge in [-0.05, 0) is 24.8 Å². The Bertz CT molecular complexity index is 1200. The van der Waals surface area contributed by atoms with Crippen LogP contribution < -0.4 is 11.1 Å². The highest BCUT2D eigenvalue weighted by Crippen LogP contribution is 2.39. The second kappa shape index (κ2) is 8.97. The monoisotopic (exact) mass is 436 g/mol. The number of terminal acetylenes is 1. The maximum absolute atomic E-state index is 12.0. The van der Waals surface area contributed by atoms with Crippen molar-refractivity contribution in [1.29, 1.82) is 0 Å². The molecule has 1 aliphatic rings. The lowest BCUT2D eigenvalue weighted by atomic mass is 10.1. The summed E-state index contributed by atoms with van der Waals surface area (Å²) in [5.41, 5.74) is 8.45. The van der Waals surface area contributed by atoms with E-state index in [-0.39, 0.29) is 18.1 Å². The van der Waals surface area contributed by atoms with Gasteiger partial charge in [0.1, 0.15) is 12.6 Å². The first kappa shape index (κ1) is 20.6. The van der Waals surface area contributed by atoms with E-state index in [2.05, 4.69) is 26.2 Å². The van der Waals surface area contributed by atoms with Crippen molar-refractivity contribution in [2.75, 3.05) is 12.3 Å². The third-order valence-electron chi connectivity index (χ3n) is 4.53. The normalized spacial score (nSPS) is 15.1. The van der Waals surface area contributed by atoms with Crippen LogP contribution in [0.15, 0.2) is 47.1 Å². The number of anilines is 1. The van der Waals surface area contributed by atoms with Gasteiger partial charge in [-0.15, -0.1) is 6.42 Å². The molecule has 0 fully saturated rings. The van der Waals surface area contributed by atoms with Gasteiger partial charge in [-0.1, -0.05) is 24.1 Å². The van der Waals surface area contributed by atoms with Crippen molar-refractivity contribution in [1.82, 2.24) is 24.8 Å². The Hall–Kier alpha value is -3.71. The topological polar surface area (TPSA) is 117 Å². The van der Waals surface area contributed by atoms with Crippen molar-refractivity contribution in [3.63, 3.8) is 0 Å². The van der Waals surface area contributed by atoms with Gasteiger partial charge in [-0.2, -0.15) is 0 Å². The number of thioether (sulfide) groups is 1. The minimum Gasteiger partial charge on any atom is -0.454 e. The molecule has 0 aliphatic carbocycles. The molecule has 3 N–H and O–H groups in total. The molecular weight excluding hydrogens is 416 g/mol. The molecule has 0 spiro atoms. The fourth-order valence-electron chi connectivity index (χ4n) is 3.10. The number of amides is 1. The fraction of sp³-hybridized carbons (Fsp3) is 0.238. The minimum atomic E-state index is -0.646. The predicted molar refractivity (Wildman–Crippen MR) is 116 cm³/mol. The quantitative estimate of drug-likeness (QED) is 0.543. The number of nitrogens with zero attached hydrogens (tertiary/aromatic N) is 4. The molecule has 4 rings (SSSR count).